The lowest BCUT2D eigenvalue weighted by Gasteiger charge is -2.18. The van der Waals surface area contributed by atoms with Crippen LogP contribution in [-0.2, 0) is 6.54 Å². The van der Waals surface area contributed by atoms with Gasteiger partial charge in [0.25, 0.3) is 0 Å². The Hall–Kier alpha value is -0.890. The predicted molar refractivity (Wildman–Crippen MR) is 98.5 cm³/mol. The van der Waals surface area contributed by atoms with Gasteiger partial charge in [0, 0.05) is 24.1 Å². The SMILES string of the molecule is CCCCCCCCCCC[n+]1cccc([C@@H]2CCCN2C)c1. The highest BCUT2D eigenvalue weighted by Gasteiger charge is 2.24. The number of hydrogen-bond acceptors (Lipinski definition) is 1. The lowest BCUT2D eigenvalue weighted by molar-refractivity contribution is -0.697. The molecule has 0 spiro atoms. The molecule has 1 aliphatic heterocycles. The maximum absolute atomic E-state index is 2.50. The summed E-state index contributed by atoms with van der Waals surface area (Å²) in [7, 11) is 2.26. The number of hydrogen-bond donors (Lipinski definition) is 0. The van der Waals surface area contributed by atoms with E-state index in [1.165, 1.54) is 89.3 Å². The Bertz CT molecular complexity index is 430. The average Bonchev–Trinajstić information content (AvgIpc) is 3.00. The van der Waals surface area contributed by atoms with E-state index in [4.69, 9.17) is 0 Å². The van der Waals surface area contributed by atoms with Crippen molar-refractivity contribution < 1.29 is 4.57 Å². The zero-order valence-electron chi connectivity index (χ0n) is 15.5. The van der Waals surface area contributed by atoms with Crippen LogP contribution in [-0.4, -0.2) is 18.5 Å². The monoisotopic (exact) mass is 317 g/mol. The van der Waals surface area contributed by atoms with Crippen LogP contribution < -0.4 is 4.57 Å². The molecule has 1 aromatic heterocycles. The minimum Gasteiger partial charge on any atom is -0.299 e. The van der Waals surface area contributed by atoms with Crippen LogP contribution in [0.15, 0.2) is 24.5 Å². The van der Waals surface area contributed by atoms with Gasteiger partial charge in [0.05, 0.1) is 0 Å². The quantitative estimate of drug-likeness (QED) is 0.398. The van der Waals surface area contributed by atoms with E-state index < -0.39 is 0 Å². The zero-order valence-corrected chi connectivity index (χ0v) is 15.5. The Kier molecular flexibility index (Phi) is 8.67. The summed E-state index contributed by atoms with van der Waals surface area (Å²) >= 11 is 0. The third-order valence-electron chi connectivity index (χ3n) is 5.31. The lowest BCUT2D eigenvalue weighted by Crippen LogP contribution is -2.34. The van der Waals surface area contributed by atoms with E-state index in [0.29, 0.717) is 6.04 Å². The van der Waals surface area contributed by atoms with Gasteiger partial charge in [-0.25, -0.2) is 4.57 Å². The maximum Gasteiger partial charge on any atom is 0.173 e. The van der Waals surface area contributed by atoms with Gasteiger partial charge in [-0.3, -0.25) is 4.90 Å². The summed E-state index contributed by atoms with van der Waals surface area (Å²) in [5, 5.41) is 0. The van der Waals surface area contributed by atoms with Crippen LogP contribution in [0.2, 0.25) is 0 Å². The molecule has 0 aliphatic carbocycles. The Balaban J connectivity index is 1.61. The van der Waals surface area contributed by atoms with Crippen molar-refractivity contribution in [3.63, 3.8) is 0 Å². The van der Waals surface area contributed by atoms with Crippen LogP contribution in [0, 0.1) is 0 Å². The normalized spacial score (nSPS) is 18.6. The van der Waals surface area contributed by atoms with E-state index in [1.54, 1.807) is 0 Å². The molecule has 130 valence electrons. The molecular formula is C21H37N2+. The smallest absolute Gasteiger partial charge is 0.173 e. The number of nitrogens with zero attached hydrogens (tertiary/aromatic N) is 2. The number of unbranched alkanes of at least 4 members (excludes halogenated alkanes) is 8. The summed E-state index contributed by atoms with van der Waals surface area (Å²) in [6.07, 6.45) is 19.9. The van der Waals surface area contributed by atoms with Crippen molar-refractivity contribution in [2.45, 2.75) is 90.1 Å². The van der Waals surface area contributed by atoms with E-state index in [1.807, 2.05) is 0 Å². The number of likely N-dealkylation sites (tertiary alicyclic amines) is 1. The van der Waals surface area contributed by atoms with Crippen LogP contribution in [0.5, 0.6) is 0 Å². The minimum atomic E-state index is 0.644. The molecule has 0 unspecified atom stereocenters. The Labute approximate surface area is 143 Å². The first kappa shape index (κ1) is 18.4. The third kappa shape index (κ3) is 6.63. The number of pyridine rings is 1. The molecule has 1 fully saturated rings. The second-order valence-corrected chi connectivity index (χ2v) is 7.34. The molecular weight excluding hydrogens is 280 g/mol. The van der Waals surface area contributed by atoms with Gasteiger partial charge in [-0.1, -0.05) is 51.9 Å². The highest BCUT2D eigenvalue weighted by atomic mass is 15.1. The zero-order chi connectivity index (χ0) is 16.3. The molecule has 2 heterocycles. The molecule has 0 N–H and O–H groups in total. The molecule has 1 atom stereocenters. The van der Waals surface area contributed by atoms with E-state index in [2.05, 4.69) is 48.0 Å². The van der Waals surface area contributed by atoms with Crippen molar-refractivity contribution in [2.24, 2.45) is 0 Å². The van der Waals surface area contributed by atoms with Gasteiger partial charge in [0.2, 0.25) is 0 Å². The molecule has 0 bridgehead atoms. The van der Waals surface area contributed by atoms with Gasteiger partial charge in [-0.05, 0) is 38.9 Å². The largest absolute Gasteiger partial charge is 0.299 e. The van der Waals surface area contributed by atoms with Crippen LogP contribution in [0.1, 0.15) is 89.2 Å². The molecule has 0 saturated carbocycles. The van der Waals surface area contributed by atoms with Crippen molar-refractivity contribution in [1.82, 2.24) is 4.90 Å². The maximum atomic E-state index is 2.50. The molecule has 2 rings (SSSR count). The Morgan fingerprint density at radius 2 is 1.74 bits per heavy atom. The first-order chi connectivity index (χ1) is 11.3. The van der Waals surface area contributed by atoms with Crippen LogP contribution in [0.3, 0.4) is 0 Å². The third-order valence-corrected chi connectivity index (χ3v) is 5.31. The van der Waals surface area contributed by atoms with Crippen LogP contribution >= 0.6 is 0 Å². The number of rotatable bonds is 11. The van der Waals surface area contributed by atoms with Gasteiger partial charge in [0.1, 0.15) is 6.54 Å². The van der Waals surface area contributed by atoms with Crippen molar-refractivity contribution in [1.29, 1.82) is 0 Å². The van der Waals surface area contributed by atoms with E-state index in [-0.39, 0.29) is 0 Å². The van der Waals surface area contributed by atoms with Crippen molar-refractivity contribution >= 4 is 0 Å². The standard InChI is InChI=1S/C21H37N2/c1-3-4-5-6-7-8-9-10-11-17-23-18-12-14-20(19-23)21-15-13-16-22(21)2/h12,14,18-19,21H,3-11,13,15-17H2,1-2H3/q+1/t21-/m0/s1. The lowest BCUT2D eigenvalue weighted by atomic mass is 10.1. The van der Waals surface area contributed by atoms with Gasteiger partial charge in [-0.2, -0.15) is 0 Å². The molecule has 1 aliphatic rings. The summed E-state index contributed by atoms with van der Waals surface area (Å²) < 4.78 is 2.41. The van der Waals surface area contributed by atoms with E-state index >= 15 is 0 Å². The summed E-state index contributed by atoms with van der Waals surface area (Å²) in [6, 6.07) is 5.18. The summed E-state index contributed by atoms with van der Waals surface area (Å²) in [4.78, 5) is 2.50. The predicted octanol–water partition coefficient (Wildman–Crippen LogP) is 5.27. The summed E-state index contributed by atoms with van der Waals surface area (Å²) in [5.41, 5.74) is 1.50. The molecule has 0 aromatic carbocycles. The second-order valence-electron chi connectivity index (χ2n) is 7.34. The fourth-order valence-electron chi connectivity index (χ4n) is 3.81. The number of aryl methyl sites for hydroxylation is 1. The molecule has 1 aromatic rings. The van der Waals surface area contributed by atoms with Crippen molar-refractivity contribution in [2.75, 3.05) is 13.6 Å². The molecule has 1 saturated heterocycles. The number of aromatic nitrogens is 1. The molecule has 23 heavy (non-hydrogen) atoms. The molecule has 2 nitrogen and oxygen atoms in total. The van der Waals surface area contributed by atoms with Crippen molar-refractivity contribution in [3.8, 4) is 0 Å². The van der Waals surface area contributed by atoms with Crippen LogP contribution in [0.4, 0.5) is 0 Å². The second kappa shape index (κ2) is 10.8. The first-order valence-electron chi connectivity index (χ1n) is 10.0. The van der Waals surface area contributed by atoms with Crippen molar-refractivity contribution in [3.05, 3.63) is 30.1 Å². The fraction of sp³-hybridized carbons (Fsp3) is 0.762. The molecule has 0 amide bonds. The first-order valence-corrected chi connectivity index (χ1v) is 10.0. The molecule has 0 radical (unpaired) electrons. The minimum absolute atomic E-state index is 0.644. The average molecular weight is 318 g/mol. The Morgan fingerprint density at radius 1 is 1.04 bits per heavy atom. The van der Waals surface area contributed by atoms with Gasteiger partial charge in [-0.15, -0.1) is 0 Å². The van der Waals surface area contributed by atoms with Gasteiger partial charge < -0.3 is 0 Å². The topological polar surface area (TPSA) is 7.12 Å². The fourth-order valence-corrected chi connectivity index (χ4v) is 3.81. The molecule has 2 heteroatoms. The van der Waals surface area contributed by atoms with Gasteiger partial charge in [0.15, 0.2) is 12.4 Å². The Morgan fingerprint density at radius 3 is 2.39 bits per heavy atom. The summed E-state index contributed by atoms with van der Waals surface area (Å²) in [5.74, 6) is 0. The van der Waals surface area contributed by atoms with Crippen LogP contribution in [0.25, 0.3) is 0 Å². The van der Waals surface area contributed by atoms with E-state index in [0.717, 1.165) is 0 Å². The highest BCUT2D eigenvalue weighted by Crippen LogP contribution is 2.29. The highest BCUT2D eigenvalue weighted by molar-refractivity contribution is 5.12. The van der Waals surface area contributed by atoms with E-state index in [9.17, 15) is 0 Å². The van der Waals surface area contributed by atoms with Gasteiger partial charge >= 0.3 is 0 Å². The summed E-state index contributed by atoms with van der Waals surface area (Å²) in [6.45, 7) is 4.72.